The van der Waals surface area contributed by atoms with E-state index >= 15 is 0 Å². The van der Waals surface area contributed by atoms with Gasteiger partial charge in [0, 0.05) is 13.0 Å². The topological polar surface area (TPSA) is 77.2 Å². The Morgan fingerprint density at radius 2 is 2.00 bits per heavy atom. The van der Waals surface area contributed by atoms with Crippen LogP contribution in [0.15, 0.2) is 24.3 Å². The average molecular weight is 317 g/mol. The summed E-state index contributed by atoms with van der Waals surface area (Å²) in [6.45, 7) is 7.48. The summed E-state index contributed by atoms with van der Waals surface area (Å²) >= 11 is 0. The smallest absolute Gasteiger partial charge is 0.358 e. The van der Waals surface area contributed by atoms with Gasteiger partial charge in [-0.2, -0.15) is 0 Å². The molecule has 1 N–H and O–H groups in total. The van der Waals surface area contributed by atoms with E-state index in [0.717, 1.165) is 17.7 Å². The lowest BCUT2D eigenvalue weighted by Gasteiger charge is -2.09. The lowest BCUT2D eigenvalue weighted by molar-refractivity contribution is 0.0689. The maximum absolute atomic E-state index is 11.4. The number of rotatable bonds is 8. The molecule has 0 radical (unpaired) electrons. The van der Waals surface area contributed by atoms with Crippen LogP contribution in [0.2, 0.25) is 0 Å². The minimum atomic E-state index is -1.04. The lowest BCUT2D eigenvalue weighted by atomic mass is 10.1. The summed E-state index contributed by atoms with van der Waals surface area (Å²) in [5, 5.41) is 17.2. The van der Waals surface area contributed by atoms with Crippen LogP contribution in [0, 0.1) is 5.92 Å². The first-order chi connectivity index (χ1) is 11.0. The molecular weight excluding hydrogens is 294 g/mol. The summed E-state index contributed by atoms with van der Waals surface area (Å²) in [6, 6.07) is 7.66. The molecule has 23 heavy (non-hydrogen) atoms. The Kier molecular flexibility index (Phi) is 5.73. The van der Waals surface area contributed by atoms with Crippen molar-refractivity contribution >= 4 is 5.97 Å². The van der Waals surface area contributed by atoms with Gasteiger partial charge >= 0.3 is 5.97 Å². The molecule has 0 atom stereocenters. The highest BCUT2D eigenvalue weighted by Crippen LogP contribution is 2.17. The van der Waals surface area contributed by atoms with Gasteiger partial charge in [-0.05, 0) is 37.0 Å². The quantitative estimate of drug-likeness (QED) is 0.810. The van der Waals surface area contributed by atoms with E-state index in [1.165, 1.54) is 0 Å². The maximum Gasteiger partial charge on any atom is 0.358 e. The molecular formula is C17H23N3O3. The Morgan fingerprint density at radius 1 is 1.30 bits per heavy atom. The molecule has 1 aromatic carbocycles. The molecule has 0 aliphatic heterocycles. The van der Waals surface area contributed by atoms with E-state index in [4.69, 9.17) is 4.74 Å². The van der Waals surface area contributed by atoms with Gasteiger partial charge in [-0.15, -0.1) is 5.10 Å². The standard InChI is InChI=1S/C17H23N3O3/c1-4-23-14-7-5-13(6-8-14)11-15-16(17(21)22)18-19-20(15)10-9-12(2)3/h5-8,12H,4,9-11H2,1-3H3,(H,21,22). The largest absolute Gasteiger partial charge is 0.494 e. The van der Waals surface area contributed by atoms with Gasteiger partial charge in [-0.25, -0.2) is 9.48 Å². The molecule has 2 aromatic rings. The number of benzene rings is 1. The second-order valence-electron chi connectivity index (χ2n) is 5.85. The molecule has 1 heterocycles. The minimum Gasteiger partial charge on any atom is -0.494 e. The highest BCUT2D eigenvalue weighted by atomic mass is 16.5. The van der Waals surface area contributed by atoms with Crippen molar-refractivity contribution in [1.29, 1.82) is 0 Å². The SMILES string of the molecule is CCOc1ccc(Cc2c(C(=O)O)nnn2CCC(C)C)cc1. The number of carbonyl (C=O) groups is 1. The van der Waals surface area contributed by atoms with Gasteiger partial charge in [0.1, 0.15) is 5.75 Å². The second-order valence-corrected chi connectivity index (χ2v) is 5.85. The molecule has 2 rings (SSSR count). The van der Waals surface area contributed by atoms with Crippen LogP contribution in [0.4, 0.5) is 0 Å². The first kappa shape index (κ1) is 17.0. The summed E-state index contributed by atoms with van der Waals surface area (Å²) in [5.41, 5.74) is 1.68. The third kappa shape index (κ3) is 4.55. The predicted molar refractivity (Wildman–Crippen MR) is 86.9 cm³/mol. The van der Waals surface area contributed by atoms with Crippen molar-refractivity contribution in [3.63, 3.8) is 0 Å². The van der Waals surface area contributed by atoms with Crippen LogP contribution in [-0.4, -0.2) is 32.7 Å². The summed E-state index contributed by atoms with van der Waals surface area (Å²) < 4.78 is 7.13. The predicted octanol–water partition coefficient (Wildman–Crippen LogP) is 3.01. The van der Waals surface area contributed by atoms with Crippen LogP contribution in [0.5, 0.6) is 5.75 Å². The van der Waals surface area contributed by atoms with Gasteiger partial charge in [0.25, 0.3) is 0 Å². The normalized spacial score (nSPS) is 11.0. The van der Waals surface area contributed by atoms with Crippen LogP contribution in [-0.2, 0) is 13.0 Å². The molecule has 0 unspecified atom stereocenters. The van der Waals surface area contributed by atoms with Gasteiger partial charge in [-0.1, -0.05) is 31.2 Å². The van der Waals surface area contributed by atoms with Crippen LogP contribution in [0.3, 0.4) is 0 Å². The van der Waals surface area contributed by atoms with E-state index < -0.39 is 5.97 Å². The van der Waals surface area contributed by atoms with Gasteiger partial charge in [0.05, 0.1) is 12.3 Å². The fourth-order valence-electron chi connectivity index (χ4n) is 2.30. The molecule has 0 saturated carbocycles. The van der Waals surface area contributed by atoms with Crippen LogP contribution < -0.4 is 4.74 Å². The monoisotopic (exact) mass is 317 g/mol. The van der Waals surface area contributed by atoms with Gasteiger partial charge in [0.2, 0.25) is 0 Å². The molecule has 0 spiro atoms. The molecule has 6 nitrogen and oxygen atoms in total. The summed E-state index contributed by atoms with van der Waals surface area (Å²) in [5.74, 6) is 0.286. The maximum atomic E-state index is 11.4. The molecule has 0 aliphatic rings. The Morgan fingerprint density at radius 3 is 2.57 bits per heavy atom. The minimum absolute atomic E-state index is 0.0302. The highest BCUT2D eigenvalue weighted by Gasteiger charge is 2.19. The summed E-state index contributed by atoms with van der Waals surface area (Å²) in [4.78, 5) is 11.4. The number of hydrogen-bond donors (Lipinski definition) is 1. The third-order valence-corrected chi connectivity index (χ3v) is 3.56. The zero-order valence-corrected chi connectivity index (χ0v) is 13.8. The summed E-state index contributed by atoms with van der Waals surface area (Å²) in [6.07, 6.45) is 1.41. The number of ether oxygens (including phenoxy) is 1. The van der Waals surface area contributed by atoms with Crippen molar-refractivity contribution in [2.45, 2.75) is 40.2 Å². The summed E-state index contributed by atoms with van der Waals surface area (Å²) in [7, 11) is 0. The first-order valence-electron chi connectivity index (χ1n) is 7.88. The van der Waals surface area contributed by atoms with E-state index in [1.54, 1.807) is 4.68 Å². The molecule has 0 aliphatic carbocycles. The van der Waals surface area contributed by atoms with E-state index in [-0.39, 0.29) is 5.69 Å². The number of aryl methyl sites for hydroxylation is 1. The van der Waals surface area contributed by atoms with Gasteiger partial charge in [0.15, 0.2) is 5.69 Å². The Bertz CT molecular complexity index is 648. The van der Waals surface area contributed by atoms with Crippen molar-refractivity contribution in [3.8, 4) is 5.75 Å². The average Bonchev–Trinajstić information content (AvgIpc) is 2.90. The third-order valence-electron chi connectivity index (χ3n) is 3.56. The van der Waals surface area contributed by atoms with Crippen molar-refractivity contribution in [3.05, 3.63) is 41.2 Å². The molecule has 0 fully saturated rings. The number of carboxylic acids is 1. The Labute approximate surface area is 136 Å². The number of hydrogen-bond acceptors (Lipinski definition) is 4. The number of nitrogens with zero attached hydrogens (tertiary/aromatic N) is 3. The van der Waals surface area contributed by atoms with Crippen LogP contribution in [0.1, 0.15) is 48.9 Å². The molecule has 0 bridgehead atoms. The Balaban J connectivity index is 2.22. The highest BCUT2D eigenvalue weighted by molar-refractivity contribution is 5.86. The zero-order chi connectivity index (χ0) is 16.8. The zero-order valence-electron chi connectivity index (χ0n) is 13.8. The van der Waals surface area contributed by atoms with Crippen molar-refractivity contribution < 1.29 is 14.6 Å². The molecule has 6 heteroatoms. The van der Waals surface area contributed by atoms with E-state index in [0.29, 0.717) is 31.2 Å². The van der Waals surface area contributed by atoms with E-state index in [2.05, 4.69) is 24.2 Å². The van der Waals surface area contributed by atoms with Crippen molar-refractivity contribution in [1.82, 2.24) is 15.0 Å². The first-order valence-corrected chi connectivity index (χ1v) is 7.88. The molecule has 1 aromatic heterocycles. The Hall–Kier alpha value is -2.37. The molecule has 124 valence electrons. The fourth-order valence-corrected chi connectivity index (χ4v) is 2.30. The number of carboxylic acid groups (broad SMARTS) is 1. The van der Waals surface area contributed by atoms with E-state index in [1.807, 2.05) is 31.2 Å². The molecule has 0 saturated heterocycles. The van der Waals surface area contributed by atoms with Gasteiger partial charge < -0.3 is 9.84 Å². The number of aromatic nitrogens is 3. The molecule has 0 amide bonds. The fraction of sp³-hybridized carbons (Fsp3) is 0.471. The van der Waals surface area contributed by atoms with Crippen molar-refractivity contribution in [2.75, 3.05) is 6.61 Å². The lowest BCUT2D eigenvalue weighted by Crippen LogP contribution is -2.10. The number of aromatic carboxylic acids is 1. The van der Waals surface area contributed by atoms with Crippen LogP contribution in [0.25, 0.3) is 0 Å². The van der Waals surface area contributed by atoms with Gasteiger partial charge in [-0.3, -0.25) is 0 Å². The van der Waals surface area contributed by atoms with E-state index in [9.17, 15) is 9.90 Å². The second kappa shape index (κ2) is 7.76. The van der Waals surface area contributed by atoms with Crippen molar-refractivity contribution in [2.24, 2.45) is 5.92 Å². The van der Waals surface area contributed by atoms with Crippen LogP contribution >= 0.6 is 0 Å².